The number of rotatable bonds is 19. The molecule has 0 aromatic heterocycles. The molecule has 0 saturated carbocycles. The van der Waals surface area contributed by atoms with Gasteiger partial charge in [-0.05, 0) is 60.5 Å². The van der Waals surface area contributed by atoms with Crippen molar-refractivity contribution in [3.63, 3.8) is 0 Å². The van der Waals surface area contributed by atoms with Gasteiger partial charge in [0.2, 0.25) is 10.0 Å². The minimum Gasteiger partial charge on any atom is -0.484 e. The third kappa shape index (κ3) is 14.4. The summed E-state index contributed by atoms with van der Waals surface area (Å²) in [6, 6.07) is 12.1. The van der Waals surface area contributed by atoms with Crippen LogP contribution in [0.25, 0.3) is 0 Å². The summed E-state index contributed by atoms with van der Waals surface area (Å²) < 4.78 is 50.9. The van der Waals surface area contributed by atoms with Crippen molar-refractivity contribution in [3.8, 4) is 11.5 Å². The van der Waals surface area contributed by atoms with Gasteiger partial charge < -0.3 is 29.4 Å². The predicted molar refractivity (Wildman–Crippen MR) is 185 cm³/mol. The van der Waals surface area contributed by atoms with Crippen LogP contribution in [-0.2, 0) is 24.3 Å². The molecule has 0 spiro atoms. The molecule has 0 fully saturated rings. The van der Waals surface area contributed by atoms with E-state index in [9.17, 15) is 18.3 Å². The molecule has 2 N–H and O–H groups in total. The Labute approximate surface area is 273 Å². The van der Waals surface area contributed by atoms with Crippen molar-refractivity contribution in [1.29, 1.82) is 0 Å². The van der Waals surface area contributed by atoms with E-state index in [4.69, 9.17) is 18.9 Å². The van der Waals surface area contributed by atoms with Crippen molar-refractivity contribution in [3.05, 3.63) is 52.0 Å². The minimum atomic E-state index is -3.79. The van der Waals surface area contributed by atoms with Crippen molar-refractivity contribution in [2.24, 2.45) is 0 Å². The number of aliphatic hydroxyl groups excluding tert-OH is 1. The van der Waals surface area contributed by atoms with Crippen molar-refractivity contribution >= 4 is 53.7 Å². The first-order valence-corrected chi connectivity index (χ1v) is 24.6. The zero-order valence-electron chi connectivity index (χ0n) is 27.2. The summed E-state index contributed by atoms with van der Waals surface area (Å²) in [6.45, 7) is 15.7. The molecule has 1 atom stereocenters. The van der Waals surface area contributed by atoms with E-state index >= 15 is 0 Å². The van der Waals surface area contributed by atoms with Crippen LogP contribution in [0.4, 0.5) is 5.69 Å². The Kier molecular flexibility index (Phi) is 14.9. The third-order valence-electron chi connectivity index (χ3n) is 6.52. The minimum absolute atomic E-state index is 0.0542. The molecule has 0 radical (unpaired) electrons. The fourth-order valence-electron chi connectivity index (χ4n) is 3.77. The van der Waals surface area contributed by atoms with Crippen LogP contribution in [0.15, 0.2) is 40.9 Å². The molecule has 0 saturated heterocycles. The van der Waals surface area contributed by atoms with E-state index in [-0.39, 0.29) is 38.1 Å². The van der Waals surface area contributed by atoms with Crippen LogP contribution >= 0.6 is 15.9 Å². The van der Waals surface area contributed by atoms with E-state index < -0.39 is 38.2 Å². The van der Waals surface area contributed by atoms with Gasteiger partial charge in [-0.3, -0.25) is 4.79 Å². The highest BCUT2D eigenvalue weighted by atomic mass is 79.9. The Morgan fingerprint density at radius 3 is 2.16 bits per heavy atom. The van der Waals surface area contributed by atoms with Gasteiger partial charge in [0.25, 0.3) is 5.91 Å². The molecule has 0 bridgehead atoms. The normalized spacial score (nSPS) is 13.0. The predicted octanol–water partition coefficient (Wildman–Crippen LogP) is 5.76. The van der Waals surface area contributed by atoms with Gasteiger partial charge in [0.15, 0.2) is 13.4 Å². The van der Waals surface area contributed by atoms with Crippen LogP contribution in [0, 0.1) is 6.92 Å². The molecule has 14 heteroatoms. The first kappa shape index (κ1) is 38.2. The van der Waals surface area contributed by atoms with Gasteiger partial charge in [0.05, 0.1) is 18.0 Å². The molecule has 0 unspecified atom stereocenters. The van der Waals surface area contributed by atoms with Crippen molar-refractivity contribution in [2.75, 3.05) is 50.5 Å². The van der Waals surface area contributed by atoms with E-state index in [1.54, 1.807) is 24.3 Å². The third-order valence-corrected chi connectivity index (χ3v) is 11.5. The van der Waals surface area contributed by atoms with Crippen LogP contribution in [0.2, 0.25) is 51.4 Å². The van der Waals surface area contributed by atoms with Gasteiger partial charge in [0.1, 0.15) is 18.2 Å². The largest absolute Gasteiger partial charge is 0.484 e. The highest BCUT2D eigenvalue weighted by Gasteiger charge is 2.24. The van der Waals surface area contributed by atoms with E-state index in [0.29, 0.717) is 24.5 Å². The molecule has 0 aliphatic rings. The van der Waals surface area contributed by atoms with Gasteiger partial charge in [-0.25, -0.2) is 12.7 Å². The van der Waals surface area contributed by atoms with E-state index in [0.717, 1.165) is 32.7 Å². The summed E-state index contributed by atoms with van der Waals surface area (Å²) in [5.41, 5.74) is 1.49. The maximum atomic E-state index is 12.9. The number of halogens is 1. The quantitative estimate of drug-likeness (QED) is 0.106. The monoisotopic (exact) mass is 732 g/mol. The molecule has 0 heterocycles. The summed E-state index contributed by atoms with van der Waals surface area (Å²) in [5.74, 6) is 0.451. The topological polar surface area (TPSA) is 124 Å². The molecule has 10 nitrogen and oxygen atoms in total. The number of amides is 1. The molecule has 1 amide bonds. The van der Waals surface area contributed by atoms with E-state index in [1.165, 1.54) is 0 Å². The number of anilines is 1. The smallest absolute Gasteiger partial charge is 0.258 e. The van der Waals surface area contributed by atoms with Crippen LogP contribution in [0.3, 0.4) is 0 Å². The molecule has 0 aliphatic carbocycles. The average molecular weight is 734 g/mol. The second kappa shape index (κ2) is 17.1. The van der Waals surface area contributed by atoms with Crippen LogP contribution < -0.4 is 19.1 Å². The molecule has 0 aliphatic heterocycles. The molecule has 44 heavy (non-hydrogen) atoms. The molecule has 2 aromatic rings. The van der Waals surface area contributed by atoms with Gasteiger partial charge in [-0.15, -0.1) is 0 Å². The maximum Gasteiger partial charge on any atom is 0.258 e. The first-order chi connectivity index (χ1) is 20.4. The van der Waals surface area contributed by atoms with Crippen LogP contribution in [0.1, 0.15) is 17.2 Å². The Morgan fingerprint density at radius 1 is 0.955 bits per heavy atom. The Hall–Kier alpha value is -1.95. The van der Waals surface area contributed by atoms with Crippen molar-refractivity contribution in [1.82, 2.24) is 5.32 Å². The number of nitrogens with one attached hydrogen (secondary N) is 1. The lowest BCUT2D eigenvalue weighted by molar-refractivity contribution is -0.123. The highest BCUT2D eigenvalue weighted by molar-refractivity contribution is 9.10. The molecular weight excluding hydrogens is 684 g/mol. The molecular formula is C30H49BrN2O8SSi2. The van der Waals surface area contributed by atoms with Crippen LogP contribution in [0.5, 0.6) is 11.5 Å². The number of aryl methyl sites for hydroxylation is 1. The molecule has 2 aromatic carbocycles. The number of carbonyl (C=O) groups excluding carboxylic acids is 1. The van der Waals surface area contributed by atoms with Gasteiger partial charge in [-0.1, -0.05) is 61.3 Å². The number of nitrogens with zero attached hydrogens (tertiary/aromatic N) is 1. The fraction of sp³-hybridized carbons (Fsp3) is 0.567. The molecule has 2 rings (SSSR count). The van der Waals surface area contributed by atoms with Gasteiger partial charge in [-0.2, -0.15) is 0 Å². The number of hydrogen-bond acceptors (Lipinski definition) is 8. The number of sulfonamides is 1. The standard InChI is InChI=1S/C30H49BrN2O8SSi2/c1-23-17-25(31)10-12-28(23)40-20-30(35)32-19-27(34)24-9-11-29(41-22-39-14-16-44(6,7)8)26(18-24)33(42(2,36)37)21-38-13-15-43(3,4)5/h9-12,17-18,27,34H,13-16,19-22H2,1-8H3,(H,32,35)/t27-/m0/s1. The number of ether oxygens (including phenoxy) is 4. The second-order valence-corrected chi connectivity index (χ2v) is 27.3. The average Bonchev–Trinajstić information content (AvgIpc) is 2.89. The lowest BCUT2D eigenvalue weighted by atomic mass is 10.1. The number of carbonyl (C=O) groups is 1. The summed E-state index contributed by atoms with van der Waals surface area (Å²) in [4.78, 5) is 12.5. The summed E-state index contributed by atoms with van der Waals surface area (Å²) in [7, 11) is -6.46. The van der Waals surface area contributed by atoms with Gasteiger partial charge in [0, 0.05) is 40.4 Å². The van der Waals surface area contributed by atoms with Crippen LogP contribution in [-0.4, -0.2) is 81.7 Å². The summed E-state index contributed by atoms with van der Waals surface area (Å²) in [5, 5.41) is 13.6. The molecule has 248 valence electrons. The summed E-state index contributed by atoms with van der Waals surface area (Å²) >= 11 is 3.40. The van der Waals surface area contributed by atoms with Crippen molar-refractivity contribution < 1.29 is 37.3 Å². The van der Waals surface area contributed by atoms with E-state index in [1.807, 2.05) is 19.1 Å². The lowest BCUT2D eigenvalue weighted by Crippen LogP contribution is -2.34. The first-order valence-electron chi connectivity index (χ1n) is 14.6. The lowest BCUT2D eigenvalue weighted by Gasteiger charge is -2.26. The second-order valence-electron chi connectivity index (χ2n) is 13.2. The maximum absolute atomic E-state index is 12.9. The zero-order chi connectivity index (χ0) is 33.1. The van der Waals surface area contributed by atoms with E-state index in [2.05, 4.69) is 60.5 Å². The fourth-order valence-corrected chi connectivity index (χ4v) is 6.52. The SMILES string of the molecule is Cc1cc(Br)ccc1OCC(=O)NC[C@H](O)c1ccc(OCOCC[Si](C)(C)C)c(N(COCC[Si](C)(C)C)S(C)(=O)=O)c1. The Bertz CT molecular complexity index is 1330. The number of aliphatic hydroxyl groups is 1. The number of hydrogen-bond donors (Lipinski definition) is 2. The zero-order valence-corrected chi connectivity index (χ0v) is 31.6. The Morgan fingerprint density at radius 2 is 1.57 bits per heavy atom. The van der Waals surface area contributed by atoms with Gasteiger partial charge >= 0.3 is 0 Å². The highest BCUT2D eigenvalue weighted by Crippen LogP contribution is 2.33. The number of benzene rings is 2. The Balaban J connectivity index is 2.17. The van der Waals surface area contributed by atoms with Crippen molar-refractivity contribution in [2.45, 2.75) is 64.4 Å². The summed E-state index contributed by atoms with van der Waals surface area (Å²) in [6.07, 6.45) is -0.0251.